The van der Waals surface area contributed by atoms with E-state index in [2.05, 4.69) is 24.1 Å². The van der Waals surface area contributed by atoms with Crippen LogP contribution in [0.2, 0.25) is 5.15 Å². The van der Waals surface area contributed by atoms with E-state index in [4.69, 9.17) is 11.6 Å². The van der Waals surface area contributed by atoms with Crippen LogP contribution in [0.25, 0.3) is 0 Å². The minimum Gasteiger partial charge on any atom is -0.370 e. The van der Waals surface area contributed by atoms with E-state index in [-0.39, 0.29) is 5.91 Å². The molecular formula is C15H24ClN3O. The fourth-order valence-corrected chi connectivity index (χ4v) is 2.14. The second kappa shape index (κ2) is 8.10. The predicted molar refractivity (Wildman–Crippen MR) is 84.4 cm³/mol. The van der Waals surface area contributed by atoms with Gasteiger partial charge in [0.2, 0.25) is 0 Å². The van der Waals surface area contributed by atoms with Crippen molar-refractivity contribution in [3.05, 3.63) is 22.8 Å². The van der Waals surface area contributed by atoms with Crippen LogP contribution in [0.1, 0.15) is 44.5 Å². The molecule has 0 fully saturated rings. The Bertz CT molecular complexity index is 451. The Hall–Kier alpha value is -1.29. The Morgan fingerprint density at radius 3 is 2.65 bits per heavy atom. The molecule has 1 aromatic heterocycles. The van der Waals surface area contributed by atoms with Gasteiger partial charge in [-0.2, -0.15) is 0 Å². The lowest BCUT2D eigenvalue weighted by molar-refractivity contribution is 0.0741. The summed E-state index contributed by atoms with van der Waals surface area (Å²) in [4.78, 5) is 18.6. The molecule has 0 aliphatic heterocycles. The van der Waals surface area contributed by atoms with Crippen molar-refractivity contribution in [2.75, 3.05) is 25.0 Å². The molecule has 0 spiro atoms. The zero-order chi connectivity index (χ0) is 15.1. The third-order valence-corrected chi connectivity index (χ3v) is 3.49. The van der Waals surface area contributed by atoms with E-state index < -0.39 is 0 Å². The number of hydrogen-bond acceptors (Lipinski definition) is 3. The molecule has 0 bridgehead atoms. The van der Waals surface area contributed by atoms with Crippen molar-refractivity contribution in [2.24, 2.45) is 5.92 Å². The molecule has 0 aromatic carbocycles. The first-order valence-corrected chi connectivity index (χ1v) is 7.60. The van der Waals surface area contributed by atoms with Crippen molar-refractivity contribution in [2.45, 2.75) is 34.1 Å². The normalized spacial score (nSPS) is 12.1. The van der Waals surface area contributed by atoms with Crippen LogP contribution in [0, 0.1) is 5.92 Å². The molecule has 20 heavy (non-hydrogen) atoms. The van der Waals surface area contributed by atoms with Gasteiger partial charge in [0.05, 0.1) is 0 Å². The maximum Gasteiger partial charge on any atom is 0.254 e. The lowest BCUT2D eigenvalue weighted by atomic mass is 10.1. The smallest absolute Gasteiger partial charge is 0.254 e. The molecule has 0 aliphatic rings. The third kappa shape index (κ3) is 4.67. The van der Waals surface area contributed by atoms with Crippen molar-refractivity contribution < 1.29 is 4.79 Å². The van der Waals surface area contributed by atoms with Crippen LogP contribution in [0.4, 0.5) is 5.82 Å². The number of nitrogens with one attached hydrogen (secondary N) is 1. The highest BCUT2D eigenvalue weighted by Gasteiger charge is 2.17. The first-order chi connectivity index (χ1) is 9.51. The summed E-state index contributed by atoms with van der Waals surface area (Å²) < 4.78 is 0. The lowest BCUT2D eigenvalue weighted by Crippen LogP contribution is -2.34. The Kier molecular flexibility index (Phi) is 6.79. The Morgan fingerprint density at radius 1 is 1.40 bits per heavy atom. The number of anilines is 1. The Labute approximate surface area is 126 Å². The van der Waals surface area contributed by atoms with E-state index in [0.717, 1.165) is 19.5 Å². The topological polar surface area (TPSA) is 45.2 Å². The molecule has 1 heterocycles. The molecule has 0 aliphatic carbocycles. The monoisotopic (exact) mass is 297 g/mol. The average Bonchev–Trinajstić information content (AvgIpc) is 2.43. The molecule has 4 nitrogen and oxygen atoms in total. The summed E-state index contributed by atoms with van der Waals surface area (Å²) in [5, 5.41) is 3.43. The van der Waals surface area contributed by atoms with Gasteiger partial charge >= 0.3 is 0 Å². The fourth-order valence-electron chi connectivity index (χ4n) is 1.94. The van der Waals surface area contributed by atoms with E-state index in [0.29, 0.717) is 29.0 Å². The summed E-state index contributed by atoms with van der Waals surface area (Å²) in [5.74, 6) is 1.14. The van der Waals surface area contributed by atoms with Gasteiger partial charge in [0, 0.05) is 25.2 Å². The van der Waals surface area contributed by atoms with Crippen LogP contribution in [0.15, 0.2) is 12.1 Å². The maximum atomic E-state index is 12.5. The largest absolute Gasteiger partial charge is 0.370 e. The first kappa shape index (κ1) is 16.8. The van der Waals surface area contributed by atoms with Crippen LogP contribution in [0.5, 0.6) is 0 Å². The summed E-state index contributed by atoms with van der Waals surface area (Å²) in [6.45, 7) is 10.5. The zero-order valence-corrected chi connectivity index (χ0v) is 13.5. The number of aromatic nitrogens is 1. The quantitative estimate of drug-likeness (QED) is 0.781. The van der Waals surface area contributed by atoms with Gasteiger partial charge in [-0.15, -0.1) is 0 Å². The lowest BCUT2D eigenvalue weighted by Gasteiger charge is -2.24. The van der Waals surface area contributed by atoms with E-state index in [1.54, 1.807) is 12.1 Å². The van der Waals surface area contributed by atoms with E-state index in [9.17, 15) is 4.79 Å². The summed E-state index contributed by atoms with van der Waals surface area (Å²) in [5.41, 5.74) is 0.589. The van der Waals surface area contributed by atoms with Crippen LogP contribution < -0.4 is 5.32 Å². The van der Waals surface area contributed by atoms with E-state index in [1.165, 1.54) is 0 Å². The van der Waals surface area contributed by atoms with Crippen LogP contribution in [0.3, 0.4) is 0 Å². The van der Waals surface area contributed by atoms with Gasteiger partial charge < -0.3 is 10.2 Å². The molecule has 1 rings (SSSR count). The zero-order valence-electron chi connectivity index (χ0n) is 12.7. The summed E-state index contributed by atoms with van der Waals surface area (Å²) in [7, 11) is 0. The van der Waals surface area contributed by atoms with Crippen molar-refractivity contribution in [3.63, 3.8) is 0 Å². The van der Waals surface area contributed by atoms with E-state index >= 15 is 0 Å². The number of halogens is 1. The number of rotatable bonds is 7. The second-order valence-electron chi connectivity index (χ2n) is 4.95. The standard InChI is InChI=1S/C15H24ClN3O/c1-5-11(4)10-19(7-3)15(20)12-8-13(16)18-14(9-12)17-6-2/h8-9,11H,5-7,10H2,1-4H3,(H,17,18). The van der Waals surface area contributed by atoms with Crippen molar-refractivity contribution in [1.29, 1.82) is 0 Å². The number of amides is 1. The molecule has 0 saturated heterocycles. The molecule has 1 N–H and O–H groups in total. The molecule has 0 radical (unpaired) electrons. The van der Waals surface area contributed by atoms with Gasteiger partial charge in [-0.3, -0.25) is 4.79 Å². The highest BCUT2D eigenvalue weighted by molar-refractivity contribution is 6.29. The molecule has 112 valence electrons. The Morgan fingerprint density at radius 2 is 2.10 bits per heavy atom. The van der Waals surface area contributed by atoms with Gasteiger partial charge in [0.15, 0.2) is 0 Å². The highest BCUT2D eigenvalue weighted by atomic mass is 35.5. The molecule has 1 atom stereocenters. The molecule has 0 saturated carbocycles. The number of nitrogens with zero attached hydrogens (tertiary/aromatic N) is 2. The Balaban J connectivity index is 2.93. The summed E-state index contributed by atoms with van der Waals surface area (Å²) in [6.07, 6.45) is 1.06. The van der Waals surface area contributed by atoms with Crippen molar-refractivity contribution in [3.8, 4) is 0 Å². The number of carbonyl (C=O) groups excluding carboxylic acids is 1. The minimum atomic E-state index is 0.0104. The highest BCUT2D eigenvalue weighted by Crippen LogP contribution is 2.17. The minimum absolute atomic E-state index is 0.0104. The average molecular weight is 298 g/mol. The number of carbonyl (C=O) groups is 1. The van der Waals surface area contributed by atoms with E-state index in [1.807, 2.05) is 18.7 Å². The second-order valence-corrected chi connectivity index (χ2v) is 5.34. The fraction of sp³-hybridized carbons (Fsp3) is 0.600. The number of hydrogen-bond donors (Lipinski definition) is 1. The van der Waals surface area contributed by atoms with Crippen LogP contribution in [-0.4, -0.2) is 35.4 Å². The SMILES string of the molecule is CCNc1cc(C(=O)N(CC)CC(C)CC)cc(Cl)n1. The van der Waals surface area contributed by atoms with Crippen LogP contribution in [-0.2, 0) is 0 Å². The van der Waals surface area contributed by atoms with Crippen LogP contribution >= 0.6 is 11.6 Å². The summed E-state index contributed by atoms with van der Waals surface area (Å²) >= 11 is 5.99. The molecule has 1 aromatic rings. The number of pyridine rings is 1. The summed E-state index contributed by atoms with van der Waals surface area (Å²) in [6, 6.07) is 3.39. The van der Waals surface area contributed by atoms with Gasteiger partial charge in [-0.05, 0) is 31.9 Å². The van der Waals surface area contributed by atoms with Gasteiger partial charge in [0.1, 0.15) is 11.0 Å². The predicted octanol–water partition coefficient (Wildman–Crippen LogP) is 3.68. The molecule has 5 heteroatoms. The molecular weight excluding hydrogens is 274 g/mol. The maximum absolute atomic E-state index is 12.5. The van der Waals surface area contributed by atoms with Crippen molar-refractivity contribution in [1.82, 2.24) is 9.88 Å². The first-order valence-electron chi connectivity index (χ1n) is 7.22. The van der Waals surface area contributed by atoms with Gasteiger partial charge in [-0.1, -0.05) is 31.9 Å². The van der Waals surface area contributed by atoms with Crippen molar-refractivity contribution >= 4 is 23.3 Å². The molecule has 1 unspecified atom stereocenters. The van der Waals surface area contributed by atoms with Gasteiger partial charge in [-0.25, -0.2) is 4.98 Å². The molecule has 1 amide bonds. The van der Waals surface area contributed by atoms with Gasteiger partial charge in [0.25, 0.3) is 5.91 Å². The third-order valence-electron chi connectivity index (χ3n) is 3.30.